The summed E-state index contributed by atoms with van der Waals surface area (Å²) >= 11 is 1.56. The zero-order valence-corrected chi connectivity index (χ0v) is 13.7. The highest BCUT2D eigenvalue weighted by molar-refractivity contribution is 7.89. The summed E-state index contributed by atoms with van der Waals surface area (Å²) < 4.78 is 27.2. The third-order valence-corrected chi connectivity index (χ3v) is 5.99. The number of rotatable bonds is 7. The van der Waals surface area contributed by atoms with E-state index in [1.807, 2.05) is 24.4 Å². The summed E-state index contributed by atoms with van der Waals surface area (Å²) in [7, 11) is -3.57. The lowest BCUT2D eigenvalue weighted by Gasteiger charge is -2.22. The van der Waals surface area contributed by atoms with Gasteiger partial charge in [0.1, 0.15) is 4.90 Å². The smallest absolute Gasteiger partial charge is 0.245 e. The molecule has 0 fully saturated rings. The number of benzene rings is 1. The van der Waals surface area contributed by atoms with Crippen LogP contribution in [0.3, 0.4) is 0 Å². The van der Waals surface area contributed by atoms with Gasteiger partial charge in [-0.1, -0.05) is 31.5 Å². The van der Waals surface area contributed by atoms with E-state index in [4.69, 9.17) is 5.73 Å². The molecule has 0 unspecified atom stereocenters. The summed E-state index contributed by atoms with van der Waals surface area (Å²) in [5.74, 6) is 0. The summed E-state index contributed by atoms with van der Waals surface area (Å²) in [5, 5.41) is 1.96. The molecule has 0 aliphatic rings. The van der Waals surface area contributed by atoms with Crippen LogP contribution in [-0.4, -0.2) is 19.3 Å². The van der Waals surface area contributed by atoms with E-state index in [0.717, 1.165) is 17.7 Å². The van der Waals surface area contributed by atoms with E-state index in [2.05, 4.69) is 0 Å². The van der Waals surface area contributed by atoms with Gasteiger partial charge in [-0.15, -0.1) is 11.3 Å². The number of nitrogen functional groups attached to an aromatic ring is 1. The van der Waals surface area contributed by atoms with Crippen molar-refractivity contribution in [3.63, 3.8) is 0 Å². The normalized spacial score (nSPS) is 11.9. The summed E-state index contributed by atoms with van der Waals surface area (Å²) in [6.07, 6.45) is 1.78. The second-order valence-corrected chi connectivity index (χ2v) is 7.75. The fraction of sp³-hybridized carbons (Fsp3) is 0.333. The summed E-state index contributed by atoms with van der Waals surface area (Å²) in [5.41, 5.74) is 6.14. The van der Waals surface area contributed by atoms with E-state index >= 15 is 0 Å². The van der Waals surface area contributed by atoms with Crippen molar-refractivity contribution in [1.82, 2.24) is 4.31 Å². The highest BCUT2D eigenvalue weighted by Gasteiger charge is 2.26. The SMILES string of the molecule is CCCCN(Cc1cccs1)S(=O)(=O)c1ccccc1N. The molecule has 1 aromatic heterocycles. The molecule has 0 aliphatic heterocycles. The first kappa shape index (κ1) is 16.0. The molecule has 0 saturated carbocycles. The third kappa shape index (κ3) is 3.84. The Bertz CT molecular complexity index is 667. The van der Waals surface area contributed by atoms with Gasteiger partial charge in [0.15, 0.2) is 0 Å². The highest BCUT2D eigenvalue weighted by Crippen LogP contribution is 2.25. The molecule has 1 heterocycles. The predicted molar refractivity (Wildman–Crippen MR) is 87.7 cm³/mol. The molecule has 0 radical (unpaired) electrons. The Labute approximate surface area is 130 Å². The fourth-order valence-corrected chi connectivity index (χ4v) is 4.42. The number of thiophene rings is 1. The molecule has 0 aliphatic carbocycles. The van der Waals surface area contributed by atoms with Crippen LogP contribution >= 0.6 is 11.3 Å². The zero-order chi connectivity index (χ0) is 15.3. The van der Waals surface area contributed by atoms with E-state index in [1.165, 1.54) is 4.31 Å². The number of hydrogen-bond acceptors (Lipinski definition) is 4. The zero-order valence-electron chi connectivity index (χ0n) is 12.0. The van der Waals surface area contributed by atoms with E-state index in [1.54, 1.807) is 35.6 Å². The lowest BCUT2D eigenvalue weighted by atomic mass is 10.3. The number of anilines is 1. The number of nitrogens with two attached hydrogens (primary N) is 1. The van der Waals surface area contributed by atoms with Gasteiger partial charge in [-0.05, 0) is 30.0 Å². The maximum atomic E-state index is 12.8. The van der Waals surface area contributed by atoms with E-state index in [9.17, 15) is 8.42 Å². The molecule has 2 aromatic rings. The average Bonchev–Trinajstić information content (AvgIpc) is 2.96. The molecule has 6 heteroatoms. The molecular weight excluding hydrogens is 304 g/mol. The molecule has 0 amide bonds. The number of nitrogens with zero attached hydrogens (tertiary/aromatic N) is 1. The molecule has 0 saturated heterocycles. The van der Waals surface area contributed by atoms with E-state index in [0.29, 0.717) is 18.8 Å². The summed E-state index contributed by atoms with van der Waals surface area (Å²) in [4.78, 5) is 1.22. The number of para-hydroxylation sites is 1. The van der Waals surface area contributed by atoms with Crippen LogP contribution in [0.25, 0.3) is 0 Å². The average molecular weight is 324 g/mol. The lowest BCUT2D eigenvalue weighted by molar-refractivity contribution is 0.401. The van der Waals surface area contributed by atoms with Crippen LogP contribution in [0.5, 0.6) is 0 Å². The van der Waals surface area contributed by atoms with Crippen LogP contribution < -0.4 is 5.73 Å². The Morgan fingerprint density at radius 2 is 1.95 bits per heavy atom. The Kier molecular flexibility index (Phi) is 5.39. The third-order valence-electron chi connectivity index (χ3n) is 3.21. The molecule has 0 atom stereocenters. The van der Waals surface area contributed by atoms with Gasteiger partial charge < -0.3 is 5.73 Å². The Morgan fingerprint density at radius 3 is 2.57 bits per heavy atom. The fourth-order valence-electron chi connectivity index (χ4n) is 2.05. The van der Waals surface area contributed by atoms with Gasteiger partial charge in [0.05, 0.1) is 5.69 Å². The van der Waals surface area contributed by atoms with Crippen molar-refractivity contribution in [1.29, 1.82) is 0 Å². The van der Waals surface area contributed by atoms with Crippen molar-refractivity contribution >= 4 is 27.0 Å². The minimum Gasteiger partial charge on any atom is -0.398 e. The molecule has 0 spiro atoms. The first-order valence-corrected chi connectivity index (χ1v) is 9.24. The van der Waals surface area contributed by atoms with Gasteiger partial charge in [-0.25, -0.2) is 8.42 Å². The molecular formula is C15H20N2O2S2. The molecule has 1 aromatic carbocycles. The van der Waals surface area contributed by atoms with Gasteiger partial charge >= 0.3 is 0 Å². The van der Waals surface area contributed by atoms with Crippen LogP contribution in [0.4, 0.5) is 5.69 Å². The Balaban J connectivity index is 2.32. The number of hydrogen-bond donors (Lipinski definition) is 1. The van der Waals surface area contributed by atoms with E-state index in [-0.39, 0.29) is 4.90 Å². The molecule has 2 rings (SSSR count). The van der Waals surface area contributed by atoms with Gasteiger partial charge in [-0.3, -0.25) is 0 Å². The van der Waals surface area contributed by atoms with Crippen molar-refractivity contribution in [2.24, 2.45) is 0 Å². The lowest BCUT2D eigenvalue weighted by Crippen LogP contribution is -2.31. The van der Waals surface area contributed by atoms with Crippen LogP contribution in [0, 0.1) is 0 Å². The van der Waals surface area contributed by atoms with Gasteiger partial charge in [0, 0.05) is 18.0 Å². The first-order chi connectivity index (χ1) is 10.1. The molecule has 2 N–H and O–H groups in total. The number of sulfonamides is 1. The van der Waals surface area contributed by atoms with Gasteiger partial charge in [-0.2, -0.15) is 4.31 Å². The minimum atomic E-state index is -3.57. The predicted octanol–water partition coefficient (Wildman–Crippen LogP) is 3.32. The maximum absolute atomic E-state index is 12.8. The van der Waals surface area contributed by atoms with Crippen molar-refractivity contribution < 1.29 is 8.42 Å². The van der Waals surface area contributed by atoms with Gasteiger partial charge in [0.25, 0.3) is 0 Å². The van der Waals surface area contributed by atoms with Crippen molar-refractivity contribution in [2.75, 3.05) is 12.3 Å². The quantitative estimate of drug-likeness (QED) is 0.795. The molecule has 4 nitrogen and oxygen atoms in total. The Morgan fingerprint density at radius 1 is 1.19 bits per heavy atom. The van der Waals surface area contributed by atoms with Crippen LogP contribution in [0.1, 0.15) is 24.6 Å². The van der Waals surface area contributed by atoms with Crippen molar-refractivity contribution in [3.8, 4) is 0 Å². The molecule has 114 valence electrons. The van der Waals surface area contributed by atoms with Crippen molar-refractivity contribution in [3.05, 3.63) is 46.7 Å². The summed E-state index contributed by atoms with van der Waals surface area (Å²) in [6.45, 7) is 2.95. The standard InChI is InChI=1S/C15H20N2O2S2/c1-2-3-10-17(12-13-7-6-11-20-13)21(18,19)15-9-5-4-8-14(15)16/h4-9,11H,2-3,10,12,16H2,1H3. The second-order valence-electron chi connectivity index (χ2n) is 4.81. The molecule has 21 heavy (non-hydrogen) atoms. The monoisotopic (exact) mass is 324 g/mol. The second kappa shape index (κ2) is 7.06. The largest absolute Gasteiger partial charge is 0.398 e. The first-order valence-electron chi connectivity index (χ1n) is 6.92. The molecule has 0 bridgehead atoms. The minimum absolute atomic E-state index is 0.192. The maximum Gasteiger partial charge on any atom is 0.245 e. The van der Waals surface area contributed by atoms with Crippen LogP contribution in [-0.2, 0) is 16.6 Å². The van der Waals surface area contributed by atoms with Gasteiger partial charge in [0.2, 0.25) is 10.0 Å². The van der Waals surface area contributed by atoms with Crippen LogP contribution in [0.2, 0.25) is 0 Å². The van der Waals surface area contributed by atoms with Crippen molar-refractivity contribution in [2.45, 2.75) is 31.2 Å². The highest BCUT2D eigenvalue weighted by atomic mass is 32.2. The number of unbranched alkanes of at least 4 members (excludes halogenated alkanes) is 1. The topological polar surface area (TPSA) is 63.4 Å². The van der Waals surface area contributed by atoms with E-state index < -0.39 is 10.0 Å². The summed E-state index contributed by atoms with van der Waals surface area (Å²) in [6, 6.07) is 10.5. The van der Waals surface area contributed by atoms with Crippen LogP contribution in [0.15, 0.2) is 46.7 Å². The Hall–Kier alpha value is -1.37.